The van der Waals surface area contributed by atoms with Crippen molar-refractivity contribution in [1.29, 1.82) is 0 Å². The highest BCUT2D eigenvalue weighted by atomic mass is 79.9. The molecule has 0 spiro atoms. The largest absolute Gasteiger partial charge is 0.505 e. The first-order chi connectivity index (χ1) is 13.5. The maximum absolute atomic E-state index is 13.4. The van der Waals surface area contributed by atoms with Crippen molar-refractivity contribution in [3.05, 3.63) is 52.1 Å². The van der Waals surface area contributed by atoms with E-state index >= 15 is 0 Å². The molecule has 0 saturated heterocycles. The molecular formula is C20H19BrFN3O4. The molecule has 1 amide bonds. The van der Waals surface area contributed by atoms with E-state index in [2.05, 4.69) is 26.2 Å². The number of nitrogens with one attached hydrogen (secondary N) is 1. The number of benzene rings is 1. The van der Waals surface area contributed by atoms with Gasteiger partial charge in [-0.25, -0.2) is 9.37 Å². The second kappa shape index (κ2) is 7.47. The summed E-state index contributed by atoms with van der Waals surface area (Å²) in [5.74, 6) is -2.73. The minimum Gasteiger partial charge on any atom is -0.505 e. The van der Waals surface area contributed by atoms with Crippen molar-refractivity contribution in [2.24, 2.45) is 0 Å². The molecule has 7 nitrogen and oxygen atoms in total. The lowest BCUT2D eigenvalue weighted by Gasteiger charge is -2.19. The summed E-state index contributed by atoms with van der Waals surface area (Å²) < 4.78 is 15.8. The Bertz CT molecular complexity index is 1120. The standard InChI is InChI=1S/C20H19BrFN3O4/c1-20(2,3)15-14-12(25(18(15)21)11-6-4-10(22)5-7-11)8-23-16(17(14)28)19(29)24-9-13(26)27/h4-8,28H,9H2,1-3H3,(H,24,29)(H,26,27). The molecule has 1 aromatic carbocycles. The number of aromatic nitrogens is 2. The van der Waals surface area contributed by atoms with E-state index in [0.29, 0.717) is 21.2 Å². The zero-order valence-corrected chi connectivity index (χ0v) is 17.5. The molecule has 0 unspecified atom stereocenters. The third kappa shape index (κ3) is 3.82. The molecule has 2 aromatic heterocycles. The number of aliphatic carboxylic acids is 1. The summed E-state index contributed by atoms with van der Waals surface area (Å²) in [5.41, 5.74) is 1.18. The van der Waals surface area contributed by atoms with Crippen LogP contribution in [0.1, 0.15) is 36.8 Å². The van der Waals surface area contributed by atoms with E-state index in [-0.39, 0.29) is 17.3 Å². The fourth-order valence-electron chi connectivity index (χ4n) is 3.16. The number of amides is 1. The lowest BCUT2D eigenvalue weighted by molar-refractivity contribution is -0.135. The van der Waals surface area contributed by atoms with E-state index in [9.17, 15) is 19.1 Å². The predicted octanol–water partition coefficient (Wildman–Crippen LogP) is 3.74. The Labute approximate surface area is 174 Å². The van der Waals surface area contributed by atoms with Crippen LogP contribution in [-0.2, 0) is 10.2 Å². The number of carbonyl (C=O) groups excluding carboxylic acids is 1. The number of fused-ring (bicyclic) bond motifs is 1. The van der Waals surface area contributed by atoms with Crippen molar-refractivity contribution in [3.8, 4) is 11.4 Å². The van der Waals surface area contributed by atoms with Gasteiger partial charge in [0.15, 0.2) is 11.4 Å². The van der Waals surface area contributed by atoms with E-state index in [0.717, 1.165) is 5.56 Å². The van der Waals surface area contributed by atoms with Crippen molar-refractivity contribution in [2.75, 3.05) is 6.54 Å². The van der Waals surface area contributed by atoms with Gasteiger partial charge in [-0.3, -0.25) is 9.59 Å². The lowest BCUT2D eigenvalue weighted by atomic mass is 9.86. The molecule has 0 atom stereocenters. The highest BCUT2D eigenvalue weighted by molar-refractivity contribution is 9.10. The average Bonchev–Trinajstić information content (AvgIpc) is 2.94. The summed E-state index contributed by atoms with van der Waals surface area (Å²) in [6.45, 7) is 5.26. The molecule has 0 aliphatic heterocycles. The molecule has 152 valence electrons. The fourth-order valence-corrected chi connectivity index (χ4v) is 4.35. The van der Waals surface area contributed by atoms with Gasteiger partial charge in [0.05, 0.1) is 21.7 Å². The quantitative estimate of drug-likeness (QED) is 0.546. The van der Waals surface area contributed by atoms with E-state index in [1.165, 1.54) is 18.3 Å². The van der Waals surface area contributed by atoms with E-state index in [4.69, 9.17) is 5.11 Å². The molecule has 3 N–H and O–H groups in total. The molecular weight excluding hydrogens is 445 g/mol. The van der Waals surface area contributed by atoms with Crippen LogP contribution in [0, 0.1) is 5.82 Å². The van der Waals surface area contributed by atoms with Gasteiger partial charge < -0.3 is 20.1 Å². The third-order valence-electron chi connectivity index (χ3n) is 4.38. The minimum atomic E-state index is -1.21. The number of rotatable bonds is 4. The maximum Gasteiger partial charge on any atom is 0.322 e. The van der Waals surface area contributed by atoms with Gasteiger partial charge in [-0.15, -0.1) is 0 Å². The number of halogens is 2. The van der Waals surface area contributed by atoms with E-state index in [1.807, 2.05) is 20.8 Å². The number of pyridine rings is 1. The van der Waals surface area contributed by atoms with Crippen LogP contribution in [0.25, 0.3) is 16.6 Å². The van der Waals surface area contributed by atoms with Gasteiger partial charge in [0, 0.05) is 11.3 Å². The van der Waals surface area contributed by atoms with Crippen molar-refractivity contribution in [2.45, 2.75) is 26.2 Å². The summed E-state index contributed by atoms with van der Waals surface area (Å²) in [6, 6.07) is 5.84. The molecule has 3 rings (SSSR count). The van der Waals surface area contributed by atoms with Crippen LogP contribution < -0.4 is 5.32 Å². The van der Waals surface area contributed by atoms with Crippen molar-refractivity contribution >= 4 is 38.7 Å². The molecule has 0 aliphatic carbocycles. The number of nitrogens with zero attached hydrogens (tertiary/aromatic N) is 2. The van der Waals surface area contributed by atoms with Gasteiger partial charge in [0.2, 0.25) is 0 Å². The van der Waals surface area contributed by atoms with Crippen LogP contribution in [0.2, 0.25) is 0 Å². The zero-order valence-electron chi connectivity index (χ0n) is 16.0. The molecule has 9 heteroatoms. The third-order valence-corrected chi connectivity index (χ3v) is 5.13. The minimum absolute atomic E-state index is 0.270. The van der Waals surface area contributed by atoms with Crippen LogP contribution in [0.3, 0.4) is 0 Å². The molecule has 29 heavy (non-hydrogen) atoms. The van der Waals surface area contributed by atoms with Gasteiger partial charge in [0.1, 0.15) is 12.4 Å². The number of carboxylic acid groups (broad SMARTS) is 1. The van der Waals surface area contributed by atoms with E-state index in [1.54, 1.807) is 16.7 Å². The number of aromatic hydroxyl groups is 1. The zero-order chi connectivity index (χ0) is 21.5. The first kappa shape index (κ1) is 20.8. The van der Waals surface area contributed by atoms with E-state index < -0.39 is 23.8 Å². The Hall–Kier alpha value is -2.94. The molecule has 0 radical (unpaired) electrons. The SMILES string of the molecule is CC(C)(C)c1c(Br)n(-c2ccc(F)cc2)c2cnc(C(=O)NCC(=O)O)c(O)c12. The van der Waals surface area contributed by atoms with Crippen LogP contribution in [0.5, 0.6) is 5.75 Å². The summed E-state index contributed by atoms with van der Waals surface area (Å²) in [5, 5.41) is 22.3. The first-order valence-electron chi connectivity index (χ1n) is 8.70. The number of carbonyl (C=O) groups is 2. The second-order valence-corrected chi connectivity index (χ2v) is 8.27. The Balaban J connectivity index is 2.29. The molecule has 0 aliphatic rings. The summed E-state index contributed by atoms with van der Waals surface area (Å²) in [7, 11) is 0. The van der Waals surface area contributed by atoms with Crippen molar-refractivity contribution < 1.29 is 24.2 Å². The van der Waals surface area contributed by atoms with Crippen LogP contribution >= 0.6 is 15.9 Å². The number of carboxylic acids is 1. The summed E-state index contributed by atoms with van der Waals surface area (Å²) >= 11 is 3.58. The molecule has 3 aromatic rings. The summed E-state index contributed by atoms with van der Waals surface area (Å²) in [4.78, 5) is 27.1. The molecule has 0 bridgehead atoms. The van der Waals surface area contributed by atoms with Crippen LogP contribution in [-0.4, -0.2) is 38.2 Å². The smallest absolute Gasteiger partial charge is 0.322 e. The van der Waals surface area contributed by atoms with Gasteiger partial charge >= 0.3 is 5.97 Å². The highest BCUT2D eigenvalue weighted by Crippen LogP contribution is 2.44. The average molecular weight is 464 g/mol. The lowest BCUT2D eigenvalue weighted by Crippen LogP contribution is -2.30. The molecule has 0 fully saturated rings. The van der Waals surface area contributed by atoms with Crippen molar-refractivity contribution in [1.82, 2.24) is 14.9 Å². The van der Waals surface area contributed by atoms with Gasteiger partial charge in [-0.2, -0.15) is 0 Å². The summed E-state index contributed by atoms with van der Waals surface area (Å²) in [6.07, 6.45) is 1.42. The topological polar surface area (TPSA) is 104 Å². The highest BCUT2D eigenvalue weighted by Gasteiger charge is 2.30. The maximum atomic E-state index is 13.4. The Morgan fingerprint density at radius 2 is 1.86 bits per heavy atom. The van der Waals surface area contributed by atoms with Gasteiger partial charge in [0.25, 0.3) is 5.91 Å². The Morgan fingerprint density at radius 3 is 2.41 bits per heavy atom. The monoisotopic (exact) mass is 463 g/mol. The van der Waals surface area contributed by atoms with Crippen LogP contribution in [0.4, 0.5) is 4.39 Å². The Morgan fingerprint density at radius 1 is 1.24 bits per heavy atom. The molecule has 2 heterocycles. The van der Waals surface area contributed by atoms with Crippen molar-refractivity contribution in [3.63, 3.8) is 0 Å². The normalized spacial score (nSPS) is 11.6. The first-order valence-corrected chi connectivity index (χ1v) is 9.50. The van der Waals surface area contributed by atoms with Crippen LogP contribution in [0.15, 0.2) is 35.1 Å². The predicted molar refractivity (Wildman–Crippen MR) is 109 cm³/mol. The van der Waals surface area contributed by atoms with Gasteiger partial charge in [-0.1, -0.05) is 20.8 Å². The van der Waals surface area contributed by atoms with Gasteiger partial charge in [-0.05, 0) is 45.6 Å². The number of hydrogen-bond donors (Lipinski definition) is 3. The fraction of sp³-hybridized carbons (Fsp3) is 0.250. The molecule has 0 saturated carbocycles. The Kier molecular flexibility index (Phi) is 5.36. The number of hydrogen-bond acceptors (Lipinski definition) is 4. The second-order valence-electron chi connectivity index (χ2n) is 7.52.